The molecule has 18 heavy (non-hydrogen) atoms. The van der Waals surface area contributed by atoms with Crippen LogP contribution in [0.3, 0.4) is 0 Å². The topological polar surface area (TPSA) is 26.3 Å². The maximum absolute atomic E-state index is 10.8. The van der Waals surface area contributed by atoms with Gasteiger partial charge in [0.2, 0.25) is 0 Å². The molecule has 0 bridgehead atoms. The van der Waals surface area contributed by atoms with Crippen LogP contribution in [0.5, 0.6) is 0 Å². The minimum Gasteiger partial charge on any atom is -0.461 e. The van der Waals surface area contributed by atoms with Crippen LogP contribution < -0.4 is 0 Å². The van der Waals surface area contributed by atoms with Crippen LogP contribution in [0, 0.1) is 0 Å². The summed E-state index contributed by atoms with van der Waals surface area (Å²) in [7, 11) is 0. The molecule has 0 amide bonds. The number of esters is 1. The monoisotopic (exact) mass is 246 g/mol. The van der Waals surface area contributed by atoms with E-state index in [9.17, 15) is 4.79 Å². The molecular weight excluding hydrogens is 224 g/mol. The maximum atomic E-state index is 10.8. The summed E-state index contributed by atoms with van der Waals surface area (Å²) in [6.45, 7) is 8.26. The Morgan fingerprint density at radius 3 is 2.33 bits per heavy atom. The van der Waals surface area contributed by atoms with Crippen molar-refractivity contribution in [2.75, 3.05) is 6.61 Å². The Labute approximate surface area is 110 Å². The van der Waals surface area contributed by atoms with Crippen molar-refractivity contribution in [2.24, 2.45) is 0 Å². The number of benzene rings is 1. The van der Waals surface area contributed by atoms with Crippen LogP contribution in [0.2, 0.25) is 0 Å². The summed E-state index contributed by atoms with van der Waals surface area (Å²) in [4.78, 5) is 10.8. The molecule has 0 N–H and O–H groups in total. The Bertz CT molecular complexity index is 413. The zero-order valence-corrected chi connectivity index (χ0v) is 11.7. The van der Waals surface area contributed by atoms with E-state index < -0.39 is 0 Å². The van der Waals surface area contributed by atoms with Crippen LogP contribution in [0.4, 0.5) is 0 Å². The van der Waals surface area contributed by atoms with Crippen LogP contribution in [0.1, 0.15) is 51.2 Å². The molecule has 0 atom stereocenters. The second-order valence-electron chi connectivity index (χ2n) is 4.76. The van der Waals surface area contributed by atoms with Gasteiger partial charge in [0.15, 0.2) is 0 Å². The molecule has 0 aliphatic rings. The van der Waals surface area contributed by atoms with Gasteiger partial charge in [0.1, 0.15) is 6.61 Å². The van der Waals surface area contributed by atoms with Gasteiger partial charge in [-0.1, -0.05) is 51.1 Å². The second-order valence-corrected chi connectivity index (χ2v) is 4.76. The largest absolute Gasteiger partial charge is 0.461 e. The number of rotatable bonds is 5. The first-order valence-electron chi connectivity index (χ1n) is 6.45. The molecular formula is C16H22O2. The van der Waals surface area contributed by atoms with Crippen LogP contribution in [-0.4, -0.2) is 12.6 Å². The van der Waals surface area contributed by atoms with E-state index in [-0.39, 0.29) is 5.97 Å². The third-order valence-corrected chi connectivity index (χ3v) is 2.89. The van der Waals surface area contributed by atoms with Crippen molar-refractivity contribution in [3.63, 3.8) is 0 Å². The third-order valence-electron chi connectivity index (χ3n) is 2.89. The van der Waals surface area contributed by atoms with Crippen molar-refractivity contribution in [1.82, 2.24) is 0 Å². The molecule has 0 aromatic heterocycles. The SMILES string of the molecule is CCC(=Cc1ccc(C(C)C)cc1)COC(C)=O. The molecule has 0 aliphatic carbocycles. The highest BCUT2D eigenvalue weighted by Crippen LogP contribution is 2.17. The summed E-state index contributed by atoms with van der Waals surface area (Å²) in [6.07, 6.45) is 2.98. The van der Waals surface area contributed by atoms with Gasteiger partial charge < -0.3 is 4.74 Å². The molecule has 1 rings (SSSR count). The summed E-state index contributed by atoms with van der Waals surface area (Å²) in [5.41, 5.74) is 3.62. The van der Waals surface area contributed by atoms with Gasteiger partial charge in [0.05, 0.1) is 0 Å². The summed E-state index contributed by atoms with van der Waals surface area (Å²) in [6, 6.07) is 8.52. The van der Waals surface area contributed by atoms with Gasteiger partial charge in [-0.05, 0) is 29.0 Å². The molecule has 1 aromatic carbocycles. The first-order valence-corrected chi connectivity index (χ1v) is 6.45. The number of carbonyl (C=O) groups is 1. The van der Waals surface area contributed by atoms with Gasteiger partial charge in [-0.15, -0.1) is 0 Å². The zero-order chi connectivity index (χ0) is 13.5. The molecule has 98 valence electrons. The lowest BCUT2D eigenvalue weighted by atomic mass is 10.0. The first kappa shape index (κ1) is 14.5. The fraction of sp³-hybridized carbons (Fsp3) is 0.438. The van der Waals surface area contributed by atoms with E-state index in [2.05, 4.69) is 51.1 Å². The highest BCUT2D eigenvalue weighted by molar-refractivity contribution is 5.66. The molecule has 0 heterocycles. The fourth-order valence-corrected chi connectivity index (χ4v) is 1.65. The Kier molecular flexibility index (Phi) is 5.63. The molecule has 0 unspecified atom stereocenters. The highest BCUT2D eigenvalue weighted by atomic mass is 16.5. The quantitative estimate of drug-likeness (QED) is 0.729. The summed E-state index contributed by atoms with van der Waals surface area (Å²) >= 11 is 0. The number of hydrogen-bond acceptors (Lipinski definition) is 2. The average Bonchev–Trinajstić information content (AvgIpc) is 2.34. The normalized spacial score (nSPS) is 11.7. The van der Waals surface area contributed by atoms with E-state index >= 15 is 0 Å². The van der Waals surface area contributed by atoms with Crippen LogP contribution >= 0.6 is 0 Å². The molecule has 0 saturated carbocycles. The molecule has 1 aromatic rings. The predicted octanol–water partition coefficient (Wildman–Crippen LogP) is 4.17. The predicted molar refractivity (Wildman–Crippen MR) is 75.4 cm³/mol. The van der Waals surface area contributed by atoms with E-state index in [0.717, 1.165) is 17.6 Å². The van der Waals surface area contributed by atoms with Crippen molar-refractivity contribution in [3.05, 3.63) is 41.0 Å². The molecule has 0 radical (unpaired) electrons. The van der Waals surface area contributed by atoms with E-state index in [4.69, 9.17) is 4.74 Å². The fourth-order valence-electron chi connectivity index (χ4n) is 1.65. The lowest BCUT2D eigenvalue weighted by Gasteiger charge is -2.07. The van der Waals surface area contributed by atoms with E-state index in [0.29, 0.717) is 12.5 Å². The summed E-state index contributed by atoms with van der Waals surface area (Å²) in [5.74, 6) is 0.319. The lowest BCUT2D eigenvalue weighted by molar-refractivity contribution is -0.139. The minimum absolute atomic E-state index is 0.232. The smallest absolute Gasteiger partial charge is 0.302 e. The third kappa shape index (κ3) is 4.74. The van der Waals surface area contributed by atoms with Crippen LogP contribution in [-0.2, 0) is 9.53 Å². The van der Waals surface area contributed by atoms with Gasteiger partial charge in [-0.2, -0.15) is 0 Å². The zero-order valence-electron chi connectivity index (χ0n) is 11.7. The molecule has 2 heteroatoms. The molecule has 0 fully saturated rings. The first-order chi connectivity index (χ1) is 8.52. The van der Waals surface area contributed by atoms with Crippen molar-refractivity contribution in [1.29, 1.82) is 0 Å². The molecule has 0 aliphatic heterocycles. The van der Waals surface area contributed by atoms with E-state index in [1.807, 2.05) is 0 Å². The molecule has 0 spiro atoms. The average molecular weight is 246 g/mol. The van der Waals surface area contributed by atoms with Crippen molar-refractivity contribution < 1.29 is 9.53 Å². The van der Waals surface area contributed by atoms with Gasteiger partial charge in [-0.3, -0.25) is 4.79 Å². The maximum Gasteiger partial charge on any atom is 0.302 e. The summed E-state index contributed by atoms with van der Waals surface area (Å²) < 4.78 is 5.02. The minimum atomic E-state index is -0.232. The van der Waals surface area contributed by atoms with Crippen LogP contribution in [0.15, 0.2) is 29.8 Å². The molecule has 0 saturated heterocycles. The van der Waals surface area contributed by atoms with Gasteiger partial charge in [0.25, 0.3) is 0 Å². The highest BCUT2D eigenvalue weighted by Gasteiger charge is 2.00. The van der Waals surface area contributed by atoms with E-state index in [1.165, 1.54) is 12.5 Å². The van der Waals surface area contributed by atoms with Crippen molar-refractivity contribution in [2.45, 2.75) is 40.0 Å². The number of hydrogen-bond donors (Lipinski definition) is 0. The number of carbonyl (C=O) groups excluding carboxylic acids is 1. The van der Waals surface area contributed by atoms with Gasteiger partial charge in [-0.25, -0.2) is 0 Å². The standard InChI is InChI=1S/C16H22O2/c1-5-14(11-18-13(4)17)10-15-6-8-16(9-7-15)12(2)3/h6-10,12H,5,11H2,1-4H3. The van der Waals surface area contributed by atoms with Gasteiger partial charge in [0, 0.05) is 6.92 Å². The number of ether oxygens (including phenoxy) is 1. The van der Waals surface area contributed by atoms with Crippen LogP contribution in [0.25, 0.3) is 6.08 Å². The second kappa shape index (κ2) is 7.00. The Balaban J connectivity index is 2.75. The lowest BCUT2D eigenvalue weighted by Crippen LogP contribution is -2.02. The Morgan fingerprint density at radius 2 is 1.89 bits per heavy atom. The van der Waals surface area contributed by atoms with Crippen molar-refractivity contribution in [3.8, 4) is 0 Å². The molecule has 2 nitrogen and oxygen atoms in total. The van der Waals surface area contributed by atoms with Gasteiger partial charge >= 0.3 is 5.97 Å². The Hall–Kier alpha value is -1.57. The van der Waals surface area contributed by atoms with Crippen molar-refractivity contribution >= 4 is 12.0 Å². The summed E-state index contributed by atoms with van der Waals surface area (Å²) in [5, 5.41) is 0. The Morgan fingerprint density at radius 1 is 1.28 bits per heavy atom. The van der Waals surface area contributed by atoms with E-state index in [1.54, 1.807) is 0 Å².